The summed E-state index contributed by atoms with van der Waals surface area (Å²) in [5.41, 5.74) is 6.11. The predicted octanol–water partition coefficient (Wildman–Crippen LogP) is 2.13. The molecule has 0 radical (unpaired) electrons. The monoisotopic (exact) mass is 362 g/mol. The standard InChI is InChI=1S/C13H19BrN2O3S/c14-12-8-11(15)4-5-13(12)20(17,18)16-6-1-7-19-9-10-2-3-10/h4-5,8,10,16H,1-3,6-7,9,15H2. The average molecular weight is 363 g/mol. The number of nitrogens with two attached hydrogens (primary N) is 1. The lowest BCUT2D eigenvalue weighted by Gasteiger charge is -2.09. The molecule has 1 aromatic carbocycles. The van der Waals surface area contributed by atoms with E-state index in [9.17, 15) is 8.42 Å². The van der Waals surface area contributed by atoms with Crippen LogP contribution in [0.3, 0.4) is 0 Å². The highest BCUT2D eigenvalue weighted by molar-refractivity contribution is 9.10. The molecule has 0 spiro atoms. The van der Waals surface area contributed by atoms with Gasteiger partial charge in [0.25, 0.3) is 0 Å². The van der Waals surface area contributed by atoms with Crippen LogP contribution in [0.5, 0.6) is 0 Å². The Morgan fingerprint density at radius 2 is 2.15 bits per heavy atom. The Bertz CT molecular complexity index is 559. The second kappa shape index (κ2) is 6.89. The normalized spacial score (nSPS) is 15.4. The fourth-order valence-electron chi connectivity index (χ4n) is 1.73. The zero-order valence-corrected chi connectivity index (χ0v) is 13.5. The van der Waals surface area contributed by atoms with Gasteiger partial charge in [-0.15, -0.1) is 0 Å². The van der Waals surface area contributed by atoms with Gasteiger partial charge in [-0.1, -0.05) is 0 Å². The van der Waals surface area contributed by atoms with E-state index in [0.717, 1.165) is 12.5 Å². The Labute approximate surface area is 128 Å². The van der Waals surface area contributed by atoms with Crippen LogP contribution in [0, 0.1) is 5.92 Å². The van der Waals surface area contributed by atoms with E-state index in [0.29, 0.717) is 29.7 Å². The third-order valence-electron chi connectivity index (χ3n) is 3.05. The number of hydrogen-bond donors (Lipinski definition) is 2. The van der Waals surface area contributed by atoms with Gasteiger partial charge in [0.15, 0.2) is 0 Å². The number of ether oxygens (including phenoxy) is 1. The molecule has 0 atom stereocenters. The van der Waals surface area contributed by atoms with E-state index < -0.39 is 10.0 Å². The molecule has 1 aromatic rings. The van der Waals surface area contributed by atoms with Crippen LogP contribution in [0.2, 0.25) is 0 Å². The van der Waals surface area contributed by atoms with Gasteiger partial charge in [0.05, 0.1) is 4.90 Å². The minimum atomic E-state index is -3.51. The van der Waals surface area contributed by atoms with Crippen molar-refractivity contribution in [1.29, 1.82) is 0 Å². The molecule has 0 bridgehead atoms. The van der Waals surface area contributed by atoms with Crippen molar-refractivity contribution in [3.63, 3.8) is 0 Å². The summed E-state index contributed by atoms with van der Waals surface area (Å²) in [6.45, 7) is 1.75. The molecule has 0 saturated heterocycles. The molecule has 0 amide bonds. The fourth-order valence-corrected chi connectivity index (χ4v) is 3.90. The fraction of sp³-hybridized carbons (Fsp3) is 0.538. The molecule has 7 heteroatoms. The Kier molecular flexibility index (Phi) is 5.42. The Balaban J connectivity index is 1.77. The molecule has 1 fully saturated rings. The summed E-state index contributed by atoms with van der Waals surface area (Å²) in [4.78, 5) is 0.200. The molecule has 0 aromatic heterocycles. The van der Waals surface area contributed by atoms with Crippen molar-refractivity contribution in [3.05, 3.63) is 22.7 Å². The van der Waals surface area contributed by atoms with E-state index in [2.05, 4.69) is 20.7 Å². The van der Waals surface area contributed by atoms with Crippen molar-refractivity contribution in [2.24, 2.45) is 5.92 Å². The van der Waals surface area contributed by atoms with Gasteiger partial charge in [-0.05, 0) is 59.3 Å². The minimum absolute atomic E-state index is 0.200. The van der Waals surface area contributed by atoms with Crippen molar-refractivity contribution in [2.75, 3.05) is 25.5 Å². The first-order chi connectivity index (χ1) is 9.49. The number of nitrogens with one attached hydrogen (secondary N) is 1. The Morgan fingerprint density at radius 3 is 2.80 bits per heavy atom. The van der Waals surface area contributed by atoms with Crippen LogP contribution in [0.15, 0.2) is 27.6 Å². The molecule has 3 N–H and O–H groups in total. The number of nitrogen functional groups attached to an aromatic ring is 1. The van der Waals surface area contributed by atoms with Gasteiger partial charge in [-0.3, -0.25) is 0 Å². The maximum Gasteiger partial charge on any atom is 0.241 e. The summed E-state index contributed by atoms with van der Waals surface area (Å²) in [6, 6.07) is 4.64. The predicted molar refractivity (Wildman–Crippen MR) is 81.9 cm³/mol. The maximum atomic E-state index is 12.1. The van der Waals surface area contributed by atoms with Gasteiger partial charge in [-0.2, -0.15) is 0 Å². The lowest BCUT2D eigenvalue weighted by atomic mass is 10.3. The summed E-state index contributed by atoms with van der Waals surface area (Å²) < 4.78 is 32.7. The lowest BCUT2D eigenvalue weighted by Crippen LogP contribution is -2.26. The number of anilines is 1. The van der Waals surface area contributed by atoms with Gasteiger partial charge < -0.3 is 10.5 Å². The number of sulfonamides is 1. The van der Waals surface area contributed by atoms with Crippen LogP contribution >= 0.6 is 15.9 Å². The summed E-state index contributed by atoms with van der Waals surface area (Å²) >= 11 is 3.22. The maximum absolute atomic E-state index is 12.1. The number of benzene rings is 1. The highest BCUT2D eigenvalue weighted by Gasteiger charge is 2.21. The smallest absolute Gasteiger partial charge is 0.241 e. The molecule has 0 aliphatic heterocycles. The summed E-state index contributed by atoms with van der Waals surface area (Å²) in [5, 5.41) is 0. The van der Waals surface area contributed by atoms with Gasteiger partial charge >= 0.3 is 0 Å². The third kappa shape index (κ3) is 4.73. The van der Waals surface area contributed by atoms with Crippen LogP contribution in [-0.4, -0.2) is 28.2 Å². The molecule has 2 rings (SSSR count). The first-order valence-corrected chi connectivity index (χ1v) is 8.89. The van der Waals surface area contributed by atoms with Gasteiger partial charge in [-0.25, -0.2) is 13.1 Å². The molecule has 112 valence electrons. The quantitative estimate of drug-likeness (QED) is 0.548. The molecular formula is C13H19BrN2O3S. The molecular weight excluding hydrogens is 344 g/mol. The number of hydrogen-bond acceptors (Lipinski definition) is 4. The Hall–Kier alpha value is -0.630. The average Bonchev–Trinajstić information content (AvgIpc) is 3.17. The summed E-state index contributed by atoms with van der Waals surface area (Å²) in [5.74, 6) is 0.734. The minimum Gasteiger partial charge on any atom is -0.399 e. The van der Waals surface area contributed by atoms with Gasteiger partial charge in [0, 0.05) is 29.9 Å². The topological polar surface area (TPSA) is 81.4 Å². The van der Waals surface area contributed by atoms with E-state index >= 15 is 0 Å². The zero-order valence-electron chi connectivity index (χ0n) is 11.1. The van der Waals surface area contributed by atoms with E-state index in [1.165, 1.54) is 18.9 Å². The second-order valence-electron chi connectivity index (χ2n) is 4.96. The molecule has 1 aliphatic rings. The van der Waals surface area contributed by atoms with Crippen molar-refractivity contribution in [2.45, 2.75) is 24.2 Å². The van der Waals surface area contributed by atoms with Gasteiger partial charge in [0.1, 0.15) is 0 Å². The highest BCUT2D eigenvalue weighted by Crippen LogP contribution is 2.28. The van der Waals surface area contributed by atoms with Crippen molar-refractivity contribution in [1.82, 2.24) is 4.72 Å². The largest absolute Gasteiger partial charge is 0.399 e. The first-order valence-electron chi connectivity index (χ1n) is 6.61. The first kappa shape index (κ1) is 15.8. The van der Waals surface area contributed by atoms with E-state index in [1.54, 1.807) is 12.1 Å². The van der Waals surface area contributed by atoms with Crippen LogP contribution < -0.4 is 10.5 Å². The summed E-state index contributed by atoms with van der Waals surface area (Å²) in [6.07, 6.45) is 3.19. The number of halogens is 1. The molecule has 20 heavy (non-hydrogen) atoms. The van der Waals surface area contributed by atoms with Crippen LogP contribution in [0.25, 0.3) is 0 Å². The molecule has 5 nitrogen and oxygen atoms in total. The van der Waals surface area contributed by atoms with Gasteiger partial charge in [0.2, 0.25) is 10.0 Å². The Morgan fingerprint density at radius 1 is 1.40 bits per heavy atom. The number of rotatable bonds is 8. The SMILES string of the molecule is Nc1ccc(S(=O)(=O)NCCCOCC2CC2)c(Br)c1. The van der Waals surface area contributed by atoms with Crippen LogP contribution in [-0.2, 0) is 14.8 Å². The molecule has 1 aliphatic carbocycles. The second-order valence-corrected chi connectivity index (χ2v) is 7.55. The van der Waals surface area contributed by atoms with Crippen molar-refractivity contribution in [3.8, 4) is 0 Å². The van der Waals surface area contributed by atoms with E-state index in [4.69, 9.17) is 10.5 Å². The van der Waals surface area contributed by atoms with E-state index in [-0.39, 0.29) is 4.90 Å². The summed E-state index contributed by atoms with van der Waals surface area (Å²) in [7, 11) is -3.51. The molecule has 0 heterocycles. The van der Waals surface area contributed by atoms with Crippen LogP contribution in [0.4, 0.5) is 5.69 Å². The molecule has 0 unspecified atom stereocenters. The zero-order chi connectivity index (χ0) is 14.6. The highest BCUT2D eigenvalue weighted by atomic mass is 79.9. The van der Waals surface area contributed by atoms with Crippen LogP contribution in [0.1, 0.15) is 19.3 Å². The molecule has 1 saturated carbocycles. The van der Waals surface area contributed by atoms with Crippen molar-refractivity contribution >= 4 is 31.6 Å². The lowest BCUT2D eigenvalue weighted by molar-refractivity contribution is 0.123. The third-order valence-corrected chi connectivity index (χ3v) is 5.49. The van der Waals surface area contributed by atoms with E-state index in [1.807, 2.05) is 0 Å². The van der Waals surface area contributed by atoms with Crippen molar-refractivity contribution < 1.29 is 13.2 Å².